The first-order valence-corrected chi connectivity index (χ1v) is 7.65. The third kappa shape index (κ3) is 5.51. The van der Waals surface area contributed by atoms with Crippen LogP contribution < -0.4 is 10.2 Å². The molecule has 1 aromatic rings. The molecule has 0 aliphatic carbocycles. The van der Waals surface area contributed by atoms with E-state index in [1.807, 2.05) is 13.8 Å². The van der Waals surface area contributed by atoms with E-state index in [9.17, 15) is 5.11 Å². The number of aliphatic hydroxyl groups is 1. The summed E-state index contributed by atoms with van der Waals surface area (Å²) in [6.45, 7) is 13.7. The highest BCUT2D eigenvalue weighted by Crippen LogP contribution is 2.23. The Morgan fingerprint density at radius 3 is 2.45 bits per heavy atom. The smallest absolute Gasteiger partial charge is 0.0765 e. The molecule has 3 nitrogen and oxygen atoms in total. The van der Waals surface area contributed by atoms with E-state index in [1.165, 1.54) is 16.8 Å². The van der Waals surface area contributed by atoms with E-state index in [2.05, 4.69) is 49.2 Å². The molecule has 0 amide bonds. The Kier molecular flexibility index (Phi) is 6.50. The molecule has 2 N–H and O–H groups in total. The standard InChI is InChI=1S/C17H30N2O/c1-6-10-18-12-15-8-9-16(14(3)11-15)19(7-2)13-17(4,5)20/h8-9,11,18,20H,6-7,10,12-13H2,1-5H3. The topological polar surface area (TPSA) is 35.5 Å². The van der Waals surface area contributed by atoms with Crippen LogP contribution in [0.1, 0.15) is 45.2 Å². The Bertz CT molecular complexity index is 410. The quantitative estimate of drug-likeness (QED) is 0.717. The number of rotatable bonds is 8. The zero-order chi connectivity index (χ0) is 15.2. The fourth-order valence-electron chi connectivity index (χ4n) is 2.43. The van der Waals surface area contributed by atoms with E-state index < -0.39 is 5.60 Å². The van der Waals surface area contributed by atoms with Gasteiger partial charge in [0, 0.05) is 25.3 Å². The van der Waals surface area contributed by atoms with Crippen LogP contribution in [-0.2, 0) is 6.54 Å². The van der Waals surface area contributed by atoms with Gasteiger partial charge < -0.3 is 15.3 Å². The van der Waals surface area contributed by atoms with Gasteiger partial charge in [-0.25, -0.2) is 0 Å². The van der Waals surface area contributed by atoms with Crippen LogP contribution >= 0.6 is 0 Å². The van der Waals surface area contributed by atoms with Crippen molar-refractivity contribution in [2.75, 3.05) is 24.5 Å². The highest BCUT2D eigenvalue weighted by molar-refractivity contribution is 5.54. The zero-order valence-electron chi connectivity index (χ0n) is 13.7. The zero-order valence-corrected chi connectivity index (χ0v) is 13.7. The number of hydrogen-bond donors (Lipinski definition) is 2. The molecule has 0 aliphatic heterocycles. The fourth-order valence-corrected chi connectivity index (χ4v) is 2.43. The van der Waals surface area contributed by atoms with E-state index in [0.717, 1.165) is 26.1 Å². The van der Waals surface area contributed by atoms with Crippen LogP contribution in [-0.4, -0.2) is 30.3 Å². The van der Waals surface area contributed by atoms with Crippen molar-refractivity contribution in [2.45, 2.75) is 53.2 Å². The van der Waals surface area contributed by atoms with Crippen molar-refractivity contribution in [3.05, 3.63) is 29.3 Å². The summed E-state index contributed by atoms with van der Waals surface area (Å²) in [5.41, 5.74) is 3.13. The van der Waals surface area contributed by atoms with Gasteiger partial charge in [-0.2, -0.15) is 0 Å². The highest BCUT2D eigenvalue weighted by atomic mass is 16.3. The van der Waals surface area contributed by atoms with Gasteiger partial charge in [0.15, 0.2) is 0 Å². The molecule has 0 radical (unpaired) electrons. The summed E-state index contributed by atoms with van der Waals surface area (Å²) in [4.78, 5) is 2.23. The molecule has 0 bridgehead atoms. The second kappa shape index (κ2) is 7.65. The van der Waals surface area contributed by atoms with E-state index >= 15 is 0 Å². The summed E-state index contributed by atoms with van der Waals surface area (Å²) in [5.74, 6) is 0. The first-order chi connectivity index (χ1) is 9.37. The molecule has 20 heavy (non-hydrogen) atoms. The average Bonchev–Trinajstić information content (AvgIpc) is 2.36. The predicted octanol–water partition coefficient (Wildman–Crippen LogP) is 3.09. The van der Waals surface area contributed by atoms with Crippen LogP contribution in [0, 0.1) is 6.92 Å². The SMILES string of the molecule is CCCNCc1ccc(N(CC)CC(C)(C)O)c(C)c1. The van der Waals surface area contributed by atoms with Gasteiger partial charge in [-0.15, -0.1) is 0 Å². The fraction of sp³-hybridized carbons (Fsp3) is 0.647. The van der Waals surface area contributed by atoms with E-state index in [4.69, 9.17) is 0 Å². The second-order valence-corrected chi connectivity index (χ2v) is 6.12. The largest absolute Gasteiger partial charge is 0.389 e. The van der Waals surface area contributed by atoms with Crippen LogP contribution in [0.25, 0.3) is 0 Å². The third-order valence-electron chi connectivity index (χ3n) is 3.32. The molecule has 114 valence electrons. The summed E-state index contributed by atoms with van der Waals surface area (Å²) in [6, 6.07) is 6.59. The first kappa shape index (κ1) is 17.0. The van der Waals surface area contributed by atoms with Crippen molar-refractivity contribution in [3.63, 3.8) is 0 Å². The molecule has 0 atom stereocenters. The van der Waals surface area contributed by atoms with Crippen LogP contribution in [0.15, 0.2) is 18.2 Å². The van der Waals surface area contributed by atoms with Gasteiger partial charge in [-0.3, -0.25) is 0 Å². The van der Waals surface area contributed by atoms with Crippen molar-refractivity contribution in [1.82, 2.24) is 5.32 Å². The molecule has 0 fully saturated rings. The summed E-state index contributed by atoms with van der Waals surface area (Å²) < 4.78 is 0. The van der Waals surface area contributed by atoms with Gasteiger partial charge in [0.2, 0.25) is 0 Å². The average molecular weight is 278 g/mol. The van der Waals surface area contributed by atoms with Crippen LogP contribution in [0.2, 0.25) is 0 Å². The molecule has 0 unspecified atom stereocenters. The third-order valence-corrected chi connectivity index (χ3v) is 3.32. The number of benzene rings is 1. The van der Waals surface area contributed by atoms with Gasteiger partial charge in [0.25, 0.3) is 0 Å². The van der Waals surface area contributed by atoms with Gasteiger partial charge in [0.05, 0.1) is 5.60 Å². The second-order valence-electron chi connectivity index (χ2n) is 6.12. The number of likely N-dealkylation sites (N-methyl/N-ethyl adjacent to an activating group) is 1. The van der Waals surface area contributed by atoms with E-state index in [1.54, 1.807) is 0 Å². The number of nitrogens with zero attached hydrogens (tertiary/aromatic N) is 1. The summed E-state index contributed by atoms with van der Waals surface area (Å²) >= 11 is 0. The molecule has 0 aromatic heterocycles. The Balaban J connectivity index is 2.79. The van der Waals surface area contributed by atoms with Crippen LogP contribution in [0.3, 0.4) is 0 Å². The van der Waals surface area contributed by atoms with E-state index in [-0.39, 0.29) is 0 Å². The summed E-state index contributed by atoms with van der Waals surface area (Å²) in [5, 5.41) is 13.4. The molecule has 0 saturated carbocycles. The monoisotopic (exact) mass is 278 g/mol. The molecular weight excluding hydrogens is 248 g/mol. The maximum absolute atomic E-state index is 10.0. The lowest BCUT2D eigenvalue weighted by molar-refractivity contribution is 0.0876. The lowest BCUT2D eigenvalue weighted by Gasteiger charge is -2.31. The molecule has 0 aliphatic rings. The van der Waals surface area contributed by atoms with Crippen molar-refractivity contribution in [2.24, 2.45) is 0 Å². The van der Waals surface area contributed by atoms with Crippen LogP contribution in [0.4, 0.5) is 5.69 Å². The lowest BCUT2D eigenvalue weighted by atomic mass is 10.1. The Labute approximate surface area is 124 Å². The maximum atomic E-state index is 10.0. The predicted molar refractivity (Wildman–Crippen MR) is 87.4 cm³/mol. The minimum atomic E-state index is -0.677. The van der Waals surface area contributed by atoms with Crippen molar-refractivity contribution in [1.29, 1.82) is 0 Å². The van der Waals surface area contributed by atoms with Crippen molar-refractivity contribution >= 4 is 5.69 Å². The molecule has 3 heteroatoms. The number of anilines is 1. The minimum Gasteiger partial charge on any atom is -0.389 e. The molecule has 0 heterocycles. The number of nitrogens with one attached hydrogen (secondary N) is 1. The Morgan fingerprint density at radius 1 is 1.25 bits per heavy atom. The Morgan fingerprint density at radius 2 is 1.95 bits per heavy atom. The summed E-state index contributed by atoms with van der Waals surface area (Å²) in [6.07, 6.45) is 1.16. The van der Waals surface area contributed by atoms with Crippen molar-refractivity contribution in [3.8, 4) is 0 Å². The van der Waals surface area contributed by atoms with Gasteiger partial charge in [0.1, 0.15) is 0 Å². The minimum absolute atomic E-state index is 0.651. The summed E-state index contributed by atoms with van der Waals surface area (Å²) in [7, 11) is 0. The van der Waals surface area contributed by atoms with Crippen molar-refractivity contribution < 1.29 is 5.11 Å². The lowest BCUT2D eigenvalue weighted by Crippen LogP contribution is -2.38. The van der Waals surface area contributed by atoms with Gasteiger partial charge >= 0.3 is 0 Å². The Hall–Kier alpha value is -1.06. The molecule has 1 rings (SSSR count). The molecule has 0 spiro atoms. The number of hydrogen-bond acceptors (Lipinski definition) is 3. The van der Waals surface area contributed by atoms with E-state index in [0.29, 0.717) is 6.54 Å². The van der Waals surface area contributed by atoms with Gasteiger partial charge in [-0.1, -0.05) is 19.1 Å². The normalized spacial score (nSPS) is 11.7. The maximum Gasteiger partial charge on any atom is 0.0765 e. The molecule has 0 saturated heterocycles. The number of aryl methyl sites for hydroxylation is 1. The van der Waals surface area contributed by atoms with Gasteiger partial charge in [-0.05, 0) is 57.9 Å². The highest BCUT2D eigenvalue weighted by Gasteiger charge is 2.18. The van der Waals surface area contributed by atoms with Crippen LogP contribution in [0.5, 0.6) is 0 Å². The molecule has 1 aromatic carbocycles. The first-order valence-electron chi connectivity index (χ1n) is 7.65. The molecular formula is C17H30N2O.